The molecule has 1 amide bonds. The fraction of sp³-hybridized carbons (Fsp3) is 0.500. The van der Waals surface area contributed by atoms with E-state index in [0.29, 0.717) is 12.5 Å². The minimum absolute atomic E-state index is 0.0233. The van der Waals surface area contributed by atoms with Crippen LogP contribution in [0.2, 0.25) is 0 Å². The Morgan fingerprint density at radius 3 is 2.88 bits per heavy atom. The highest BCUT2D eigenvalue weighted by Crippen LogP contribution is 2.24. The van der Waals surface area contributed by atoms with Crippen LogP contribution in [0.3, 0.4) is 0 Å². The fourth-order valence-corrected chi connectivity index (χ4v) is 2.22. The number of hydrogen-bond acceptors (Lipinski definition) is 2. The molecule has 0 fully saturated rings. The van der Waals surface area contributed by atoms with Gasteiger partial charge in [0, 0.05) is 12.1 Å². The third kappa shape index (κ3) is 2.67. The van der Waals surface area contributed by atoms with Gasteiger partial charge in [-0.05, 0) is 36.0 Å². The summed E-state index contributed by atoms with van der Waals surface area (Å²) in [5.74, 6) is 0.416. The third-order valence-corrected chi connectivity index (χ3v) is 3.14. The van der Waals surface area contributed by atoms with Gasteiger partial charge in [-0.25, -0.2) is 0 Å². The second-order valence-corrected chi connectivity index (χ2v) is 5.07. The zero-order chi connectivity index (χ0) is 12.4. The maximum atomic E-state index is 11.7. The number of carbonyl (C=O) groups is 1. The van der Waals surface area contributed by atoms with Gasteiger partial charge in [0.15, 0.2) is 0 Å². The van der Waals surface area contributed by atoms with Gasteiger partial charge in [-0.2, -0.15) is 0 Å². The summed E-state index contributed by atoms with van der Waals surface area (Å²) < 4.78 is 0. The molecule has 1 heterocycles. The van der Waals surface area contributed by atoms with Crippen LogP contribution in [0.5, 0.6) is 0 Å². The van der Waals surface area contributed by atoms with Crippen LogP contribution >= 0.6 is 0 Å². The van der Waals surface area contributed by atoms with E-state index in [2.05, 4.69) is 19.2 Å². The first-order valence-electron chi connectivity index (χ1n) is 6.17. The molecule has 0 saturated heterocycles. The van der Waals surface area contributed by atoms with E-state index < -0.39 is 6.10 Å². The van der Waals surface area contributed by atoms with E-state index in [0.717, 1.165) is 29.5 Å². The van der Waals surface area contributed by atoms with Crippen molar-refractivity contribution >= 4 is 5.91 Å². The predicted molar refractivity (Wildman–Crippen MR) is 66.9 cm³/mol. The van der Waals surface area contributed by atoms with Crippen molar-refractivity contribution in [3.63, 3.8) is 0 Å². The van der Waals surface area contributed by atoms with Crippen LogP contribution in [-0.4, -0.2) is 17.6 Å². The molecule has 17 heavy (non-hydrogen) atoms. The first kappa shape index (κ1) is 12.1. The second-order valence-electron chi connectivity index (χ2n) is 5.07. The Kier molecular flexibility index (Phi) is 3.48. The Balaban J connectivity index is 2.26. The number of carbonyl (C=O) groups excluding carboxylic acids is 1. The lowest BCUT2D eigenvalue weighted by molar-refractivity contribution is 0.0945. The number of hydrogen-bond donors (Lipinski definition) is 2. The molecular formula is C14H19NO2. The zero-order valence-corrected chi connectivity index (χ0v) is 10.4. The maximum absolute atomic E-state index is 11.7. The van der Waals surface area contributed by atoms with E-state index in [4.69, 9.17) is 0 Å². The molecule has 0 bridgehead atoms. The number of aliphatic hydroxyl groups is 1. The Bertz CT molecular complexity index is 426. The largest absolute Gasteiger partial charge is 0.388 e. The number of amides is 1. The average molecular weight is 233 g/mol. The lowest BCUT2D eigenvalue weighted by Crippen LogP contribution is -2.31. The quantitative estimate of drug-likeness (QED) is 0.839. The van der Waals surface area contributed by atoms with Crippen molar-refractivity contribution in [1.82, 2.24) is 5.32 Å². The smallest absolute Gasteiger partial charge is 0.251 e. The van der Waals surface area contributed by atoms with Crippen LogP contribution < -0.4 is 5.32 Å². The van der Waals surface area contributed by atoms with Gasteiger partial charge >= 0.3 is 0 Å². The molecule has 3 heteroatoms. The lowest BCUT2D eigenvalue weighted by atomic mass is 9.93. The fourth-order valence-electron chi connectivity index (χ4n) is 2.22. The molecule has 1 atom stereocenters. The summed E-state index contributed by atoms with van der Waals surface area (Å²) in [6.45, 7) is 4.86. The summed E-state index contributed by atoms with van der Waals surface area (Å²) in [4.78, 5) is 11.7. The van der Waals surface area contributed by atoms with Crippen molar-refractivity contribution in [3.8, 4) is 0 Å². The van der Waals surface area contributed by atoms with Gasteiger partial charge in [-0.3, -0.25) is 4.79 Å². The first-order valence-corrected chi connectivity index (χ1v) is 6.17. The predicted octanol–water partition coefficient (Wildman–Crippen LogP) is 2.05. The third-order valence-electron chi connectivity index (χ3n) is 3.14. The van der Waals surface area contributed by atoms with E-state index in [9.17, 15) is 9.90 Å². The van der Waals surface area contributed by atoms with Gasteiger partial charge < -0.3 is 10.4 Å². The van der Waals surface area contributed by atoms with Crippen LogP contribution in [0, 0.1) is 5.92 Å². The Hall–Kier alpha value is -1.35. The van der Waals surface area contributed by atoms with Gasteiger partial charge in [0.05, 0.1) is 6.10 Å². The minimum atomic E-state index is -0.477. The van der Waals surface area contributed by atoms with Crippen molar-refractivity contribution in [2.75, 3.05) is 6.54 Å². The zero-order valence-electron chi connectivity index (χ0n) is 10.4. The molecule has 2 N–H and O–H groups in total. The molecule has 2 rings (SSSR count). The molecule has 0 radical (unpaired) electrons. The highest BCUT2D eigenvalue weighted by atomic mass is 16.3. The molecule has 1 aliphatic heterocycles. The van der Waals surface area contributed by atoms with Crippen LogP contribution in [0.1, 0.15) is 47.9 Å². The number of benzene rings is 1. The van der Waals surface area contributed by atoms with E-state index in [1.54, 1.807) is 0 Å². The molecule has 1 aromatic carbocycles. The van der Waals surface area contributed by atoms with Crippen LogP contribution in [0.4, 0.5) is 0 Å². The normalized spacial score (nSPS) is 16.6. The Labute approximate surface area is 102 Å². The molecule has 92 valence electrons. The van der Waals surface area contributed by atoms with Gasteiger partial charge in [-0.15, -0.1) is 0 Å². The van der Waals surface area contributed by atoms with Crippen molar-refractivity contribution < 1.29 is 9.90 Å². The van der Waals surface area contributed by atoms with Gasteiger partial charge in [0.25, 0.3) is 5.91 Å². The summed E-state index contributed by atoms with van der Waals surface area (Å²) in [5, 5.41) is 12.9. The highest BCUT2D eigenvalue weighted by molar-refractivity contribution is 5.96. The average Bonchev–Trinajstić information content (AvgIpc) is 2.28. The summed E-state index contributed by atoms with van der Waals surface area (Å²) in [6.07, 6.45) is 1.12. The number of fused-ring (bicyclic) bond motifs is 1. The number of rotatable bonds is 3. The standard InChI is InChI=1S/C14H19NO2/c1-9(2)7-13(16)11-4-3-10-5-6-15-14(17)12(10)8-11/h3-4,8-9,13,16H,5-7H2,1-2H3,(H,15,17). The Morgan fingerprint density at radius 2 is 2.18 bits per heavy atom. The number of nitrogens with one attached hydrogen (secondary N) is 1. The summed E-state index contributed by atoms with van der Waals surface area (Å²) >= 11 is 0. The van der Waals surface area contributed by atoms with Gasteiger partial charge in [-0.1, -0.05) is 26.0 Å². The van der Waals surface area contributed by atoms with E-state index >= 15 is 0 Å². The first-order chi connectivity index (χ1) is 8.08. The molecular weight excluding hydrogens is 214 g/mol. The monoisotopic (exact) mass is 233 g/mol. The van der Waals surface area contributed by atoms with Crippen LogP contribution in [-0.2, 0) is 6.42 Å². The lowest BCUT2D eigenvalue weighted by Gasteiger charge is -2.19. The molecule has 0 aromatic heterocycles. The van der Waals surface area contributed by atoms with Gasteiger partial charge in [0.2, 0.25) is 0 Å². The van der Waals surface area contributed by atoms with Crippen molar-refractivity contribution in [3.05, 3.63) is 34.9 Å². The summed E-state index contributed by atoms with van der Waals surface area (Å²) in [7, 11) is 0. The van der Waals surface area contributed by atoms with E-state index in [1.807, 2.05) is 18.2 Å². The molecule has 1 aromatic rings. The molecule has 0 saturated carbocycles. The minimum Gasteiger partial charge on any atom is -0.388 e. The van der Waals surface area contributed by atoms with Crippen LogP contribution in [0.25, 0.3) is 0 Å². The molecule has 1 aliphatic rings. The van der Waals surface area contributed by atoms with Crippen molar-refractivity contribution in [2.45, 2.75) is 32.8 Å². The summed E-state index contributed by atoms with van der Waals surface area (Å²) in [5.41, 5.74) is 2.64. The topological polar surface area (TPSA) is 49.3 Å². The van der Waals surface area contributed by atoms with Gasteiger partial charge in [0.1, 0.15) is 0 Å². The van der Waals surface area contributed by atoms with E-state index in [1.165, 1.54) is 0 Å². The van der Waals surface area contributed by atoms with Crippen LogP contribution in [0.15, 0.2) is 18.2 Å². The van der Waals surface area contributed by atoms with E-state index in [-0.39, 0.29) is 5.91 Å². The molecule has 1 unspecified atom stereocenters. The van der Waals surface area contributed by atoms with Crippen molar-refractivity contribution in [1.29, 1.82) is 0 Å². The second kappa shape index (κ2) is 4.88. The molecule has 3 nitrogen and oxygen atoms in total. The highest BCUT2D eigenvalue weighted by Gasteiger charge is 2.19. The SMILES string of the molecule is CC(C)CC(O)c1ccc2c(c1)C(=O)NCC2. The maximum Gasteiger partial charge on any atom is 0.251 e. The number of aliphatic hydroxyl groups excluding tert-OH is 1. The Morgan fingerprint density at radius 1 is 1.41 bits per heavy atom. The summed E-state index contributed by atoms with van der Waals surface area (Å²) in [6, 6.07) is 5.73. The molecule has 0 aliphatic carbocycles. The van der Waals surface area contributed by atoms with Crippen molar-refractivity contribution in [2.24, 2.45) is 5.92 Å². The molecule has 0 spiro atoms.